The molecule has 0 saturated heterocycles. The van der Waals surface area contributed by atoms with Crippen LogP contribution in [0.25, 0.3) is 0 Å². The highest BCUT2D eigenvalue weighted by molar-refractivity contribution is 7.96. The summed E-state index contributed by atoms with van der Waals surface area (Å²) in [5, 5.41) is 8.36. The summed E-state index contributed by atoms with van der Waals surface area (Å²) in [6, 6.07) is 0. The Morgan fingerprint density at radius 1 is 2.00 bits per heavy atom. The molecule has 4 heteroatoms. The third kappa shape index (κ3) is 0.707. The van der Waals surface area contributed by atoms with E-state index >= 15 is 0 Å². The van der Waals surface area contributed by atoms with Crippen molar-refractivity contribution in [3.8, 4) is 0 Å². The smallest absolute Gasteiger partial charge is 0.213 e. The molecule has 0 fully saturated rings. The lowest BCUT2D eigenvalue weighted by molar-refractivity contribution is 0.346. The van der Waals surface area contributed by atoms with Gasteiger partial charge < -0.3 is 5.11 Å². The highest BCUT2D eigenvalue weighted by Gasteiger charge is 2.04. The van der Waals surface area contributed by atoms with E-state index in [1.165, 1.54) is 6.21 Å². The number of aliphatic hydroxyl groups excluding tert-OH is 1. The van der Waals surface area contributed by atoms with Crippen molar-refractivity contribution < 1.29 is 5.11 Å². The zero-order chi connectivity index (χ0) is 4.41. The molecule has 1 rings (SSSR count). The van der Waals surface area contributed by atoms with Crippen molar-refractivity contribution in [1.82, 2.24) is 4.72 Å². The molecule has 1 radical (unpaired) electrons. The molecule has 0 unspecified atom stereocenters. The second-order valence-electron chi connectivity index (χ2n) is 0.813. The Morgan fingerprint density at radius 2 is 2.83 bits per heavy atom. The first-order valence-corrected chi connectivity index (χ1v) is 2.18. The zero-order valence-electron chi connectivity index (χ0n) is 2.88. The van der Waals surface area contributed by atoms with Gasteiger partial charge in [-0.15, -0.1) is 0 Å². The van der Waals surface area contributed by atoms with Crippen LogP contribution >= 0.6 is 12.1 Å². The van der Waals surface area contributed by atoms with Gasteiger partial charge in [0, 0.05) is 0 Å². The van der Waals surface area contributed by atoms with Crippen molar-refractivity contribution in [3.05, 3.63) is 6.23 Å². The van der Waals surface area contributed by atoms with Crippen LogP contribution in [0.4, 0.5) is 0 Å². The number of hydrogen-bond donors (Lipinski definition) is 2. The molecule has 0 aliphatic carbocycles. The molecule has 0 atom stereocenters. The van der Waals surface area contributed by atoms with E-state index in [1.54, 1.807) is 0 Å². The summed E-state index contributed by atoms with van der Waals surface area (Å²) in [5.74, 6) is 0. The van der Waals surface area contributed by atoms with Crippen LogP contribution in [-0.4, -0.2) is 11.3 Å². The second kappa shape index (κ2) is 1.59. The molecule has 6 heavy (non-hydrogen) atoms. The minimum atomic E-state index is 0.125. The van der Waals surface area contributed by atoms with Gasteiger partial charge in [0.1, 0.15) is 0 Å². The molecule has 0 saturated carbocycles. The Kier molecular flexibility index (Phi) is 1.09. The van der Waals surface area contributed by atoms with E-state index in [1.807, 2.05) is 0 Å². The summed E-state index contributed by atoms with van der Waals surface area (Å²) in [7, 11) is 0. The summed E-state index contributed by atoms with van der Waals surface area (Å²) in [6.45, 7) is 0. The van der Waals surface area contributed by atoms with Crippen LogP contribution in [0.2, 0.25) is 0 Å². The predicted octanol–water partition coefficient (Wildman–Crippen LogP) is 0.0856. The lowest BCUT2D eigenvalue weighted by Gasteiger charge is -1.86. The monoisotopic (exact) mass is 103 g/mol. The Bertz CT molecular complexity index is 73.9. The van der Waals surface area contributed by atoms with Gasteiger partial charge in [-0.05, 0) is 0 Å². The number of aliphatic hydroxyl groups is 1. The molecule has 33 valence electrons. The molecular weight excluding hydrogens is 100 g/mol. The van der Waals surface area contributed by atoms with Crippen LogP contribution < -0.4 is 4.72 Å². The second-order valence-corrected chi connectivity index (χ2v) is 1.41. The molecule has 2 N–H and O–H groups in total. The van der Waals surface area contributed by atoms with Gasteiger partial charge in [-0.3, -0.25) is 0 Å². The largest absolute Gasteiger partial charge is 0.366 e. The van der Waals surface area contributed by atoms with Crippen LogP contribution in [-0.2, 0) is 0 Å². The van der Waals surface area contributed by atoms with Crippen LogP contribution in [0.1, 0.15) is 0 Å². The fourth-order valence-electron chi connectivity index (χ4n) is 0.176. The topological polar surface area (TPSA) is 44.6 Å². The first-order chi connectivity index (χ1) is 2.89. The highest BCUT2D eigenvalue weighted by Crippen LogP contribution is 2.05. The van der Waals surface area contributed by atoms with Crippen molar-refractivity contribution in [2.24, 2.45) is 4.40 Å². The van der Waals surface area contributed by atoms with Gasteiger partial charge >= 0.3 is 0 Å². The van der Waals surface area contributed by atoms with Crippen molar-refractivity contribution >= 4 is 18.3 Å². The molecule has 1 heterocycles. The maximum atomic E-state index is 8.36. The Hall–Kier alpha value is -0.0600. The number of nitrogens with one attached hydrogen (secondary N) is 1. The summed E-state index contributed by atoms with van der Waals surface area (Å²) in [5.41, 5.74) is 0. The molecule has 0 bridgehead atoms. The van der Waals surface area contributed by atoms with E-state index in [0.717, 1.165) is 12.1 Å². The average Bonchev–Trinajstić information content (AvgIpc) is 1.86. The van der Waals surface area contributed by atoms with E-state index in [2.05, 4.69) is 9.12 Å². The fourth-order valence-corrected chi connectivity index (χ4v) is 0.527. The number of rotatable bonds is 0. The quantitative estimate of drug-likeness (QED) is 0.427. The third-order valence-corrected chi connectivity index (χ3v) is 0.889. The molecule has 0 amide bonds. The summed E-state index contributed by atoms with van der Waals surface area (Å²) < 4.78 is 6.04. The minimum Gasteiger partial charge on any atom is -0.366 e. The Labute approximate surface area is 39.7 Å². The van der Waals surface area contributed by atoms with Gasteiger partial charge in [0.15, 0.2) is 0 Å². The van der Waals surface area contributed by atoms with Gasteiger partial charge in [0.25, 0.3) is 0 Å². The van der Waals surface area contributed by atoms with Crippen LogP contribution in [0.15, 0.2) is 4.40 Å². The SMILES string of the molecule is O[C]1C=NSN1. The molecule has 0 aromatic heterocycles. The third-order valence-electron chi connectivity index (χ3n) is 0.378. The van der Waals surface area contributed by atoms with Gasteiger partial charge in [0.2, 0.25) is 6.23 Å². The Morgan fingerprint density at radius 3 is 3.00 bits per heavy atom. The standard InChI is InChI=1S/C2H3N2OS/c5-2-1-3-6-4-2/h1,4-5H. The van der Waals surface area contributed by atoms with Crippen LogP contribution in [0.3, 0.4) is 0 Å². The molecule has 0 aromatic rings. The predicted molar refractivity (Wildman–Crippen MR) is 24.4 cm³/mol. The molecule has 1 aliphatic rings. The lowest BCUT2D eigenvalue weighted by Crippen LogP contribution is -2.06. The lowest BCUT2D eigenvalue weighted by atomic mass is 10.7. The van der Waals surface area contributed by atoms with Gasteiger partial charge in [-0.2, -0.15) is 0 Å². The van der Waals surface area contributed by atoms with Crippen molar-refractivity contribution in [2.45, 2.75) is 0 Å². The van der Waals surface area contributed by atoms with Gasteiger partial charge in [0.05, 0.1) is 18.3 Å². The average molecular weight is 103 g/mol. The van der Waals surface area contributed by atoms with Crippen LogP contribution in [0, 0.1) is 6.23 Å². The van der Waals surface area contributed by atoms with E-state index in [0.29, 0.717) is 0 Å². The number of nitrogens with zero attached hydrogens (tertiary/aromatic N) is 1. The zero-order valence-corrected chi connectivity index (χ0v) is 3.70. The minimum absolute atomic E-state index is 0.125. The van der Waals surface area contributed by atoms with E-state index in [-0.39, 0.29) is 6.23 Å². The molecule has 0 aromatic carbocycles. The summed E-state index contributed by atoms with van der Waals surface area (Å²) in [6.07, 6.45) is 1.48. The van der Waals surface area contributed by atoms with Crippen molar-refractivity contribution in [2.75, 3.05) is 0 Å². The normalized spacial score (nSPS) is 22.8. The molecule has 1 aliphatic heterocycles. The van der Waals surface area contributed by atoms with Crippen LogP contribution in [0.5, 0.6) is 0 Å². The summed E-state index contributed by atoms with van der Waals surface area (Å²) >= 11 is 1.11. The molecular formula is C2H3N2OS. The molecule has 3 nitrogen and oxygen atoms in total. The van der Waals surface area contributed by atoms with E-state index in [9.17, 15) is 0 Å². The maximum Gasteiger partial charge on any atom is 0.213 e. The van der Waals surface area contributed by atoms with E-state index < -0.39 is 0 Å². The van der Waals surface area contributed by atoms with Gasteiger partial charge in [-0.1, -0.05) is 0 Å². The first-order valence-electron chi connectivity index (χ1n) is 1.41. The first kappa shape index (κ1) is 4.11. The van der Waals surface area contributed by atoms with Crippen molar-refractivity contribution in [3.63, 3.8) is 0 Å². The maximum absolute atomic E-state index is 8.36. The fraction of sp³-hybridized carbons (Fsp3) is 0. The number of hydrogen-bond acceptors (Lipinski definition) is 4. The summed E-state index contributed by atoms with van der Waals surface area (Å²) in [4.78, 5) is 0. The van der Waals surface area contributed by atoms with Crippen molar-refractivity contribution in [1.29, 1.82) is 0 Å². The Balaban J connectivity index is 2.38. The highest BCUT2D eigenvalue weighted by atomic mass is 32.2. The van der Waals surface area contributed by atoms with Gasteiger partial charge in [-0.25, -0.2) is 9.12 Å². The van der Waals surface area contributed by atoms with E-state index in [4.69, 9.17) is 5.11 Å². The molecule has 0 spiro atoms.